The molecule has 0 spiro atoms. The molecule has 5 nitrogen and oxygen atoms in total. The number of carbonyl (C=O) groups excluding carboxylic acids is 3. The Kier molecular flexibility index (Phi) is 3.97. The Balaban J connectivity index is 1.45. The summed E-state index contributed by atoms with van der Waals surface area (Å²) in [4.78, 5) is 37.7. The van der Waals surface area contributed by atoms with Gasteiger partial charge in [0, 0.05) is 0 Å². The lowest BCUT2D eigenvalue weighted by molar-refractivity contribution is -0.145. The molecular weight excluding hydrogens is 330 g/mol. The minimum Gasteiger partial charge on any atom is -0.459 e. The summed E-state index contributed by atoms with van der Waals surface area (Å²) in [6, 6.07) is 20.1. The van der Waals surface area contributed by atoms with Gasteiger partial charge in [-0.2, -0.15) is 0 Å². The molecule has 128 valence electrons. The van der Waals surface area contributed by atoms with Crippen LogP contribution in [0.1, 0.15) is 26.3 Å². The van der Waals surface area contributed by atoms with Gasteiger partial charge in [-0.3, -0.25) is 19.3 Å². The SMILES string of the molecule is O=C(CN1C(=O)c2ccccc2C1=O)OCc1cccc2ccccc12. The molecule has 0 radical (unpaired) electrons. The molecule has 3 aromatic rings. The molecule has 3 aromatic carbocycles. The van der Waals surface area contributed by atoms with Crippen molar-refractivity contribution in [3.63, 3.8) is 0 Å². The van der Waals surface area contributed by atoms with Crippen molar-refractivity contribution in [2.24, 2.45) is 0 Å². The minimum absolute atomic E-state index is 0.0867. The minimum atomic E-state index is -0.618. The highest BCUT2D eigenvalue weighted by Crippen LogP contribution is 2.23. The van der Waals surface area contributed by atoms with Gasteiger partial charge in [-0.25, -0.2) is 0 Å². The highest BCUT2D eigenvalue weighted by Gasteiger charge is 2.36. The summed E-state index contributed by atoms with van der Waals surface area (Å²) in [5.74, 6) is -1.55. The number of ether oxygens (including phenoxy) is 1. The van der Waals surface area contributed by atoms with Crippen LogP contribution in [0, 0.1) is 0 Å². The van der Waals surface area contributed by atoms with Gasteiger partial charge in [-0.05, 0) is 28.5 Å². The molecule has 0 saturated carbocycles. The molecule has 1 aliphatic rings. The maximum atomic E-state index is 12.3. The van der Waals surface area contributed by atoms with Crippen LogP contribution in [0.2, 0.25) is 0 Å². The molecule has 0 unspecified atom stereocenters. The Morgan fingerprint density at radius 3 is 2.15 bits per heavy atom. The van der Waals surface area contributed by atoms with E-state index in [1.54, 1.807) is 24.3 Å². The lowest BCUT2D eigenvalue weighted by Crippen LogP contribution is -2.35. The summed E-state index contributed by atoms with van der Waals surface area (Å²) < 4.78 is 5.31. The summed E-state index contributed by atoms with van der Waals surface area (Å²) in [7, 11) is 0. The molecule has 0 saturated heterocycles. The maximum Gasteiger partial charge on any atom is 0.326 e. The fourth-order valence-electron chi connectivity index (χ4n) is 3.13. The standard InChI is InChI=1S/C21H15NO4/c23-19(12-22-20(24)17-10-3-4-11-18(17)21(22)25)26-13-15-8-5-7-14-6-1-2-9-16(14)15/h1-11H,12-13H2. The molecule has 4 rings (SSSR count). The van der Waals surface area contributed by atoms with Crippen LogP contribution in [-0.2, 0) is 16.1 Å². The predicted molar refractivity (Wildman–Crippen MR) is 95.6 cm³/mol. The summed E-state index contributed by atoms with van der Waals surface area (Å²) in [6.07, 6.45) is 0. The van der Waals surface area contributed by atoms with E-state index < -0.39 is 24.3 Å². The van der Waals surface area contributed by atoms with Gasteiger partial charge in [-0.15, -0.1) is 0 Å². The number of hydrogen-bond donors (Lipinski definition) is 0. The van der Waals surface area contributed by atoms with Crippen molar-refractivity contribution in [1.82, 2.24) is 4.90 Å². The molecule has 26 heavy (non-hydrogen) atoms. The first-order valence-corrected chi connectivity index (χ1v) is 8.22. The van der Waals surface area contributed by atoms with Crippen LogP contribution in [0.4, 0.5) is 0 Å². The second-order valence-electron chi connectivity index (χ2n) is 6.04. The van der Waals surface area contributed by atoms with Gasteiger partial charge >= 0.3 is 5.97 Å². The van der Waals surface area contributed by atoms with Crippen molar-refractivity contribution in [3.8, 4) is 0 Å². The number of esters is 1. The highest BCUT2D eigenvalue weighted by atomic mass is 16.5. The Morgan fingerprint density at radius 2 is 1.42 bits per heavy atom. The molecule has 0 fully saturated rings. The van der Waals surface area contributed by atoms with Gasteiger partial charge in [0.1, 0.15) is 13.2 Å². The monoisotopic (exact) mass is 345 g/mol. The number of nitrogens with zero attached hydrogens (tertiary/aromatic N) is 1. The average molecular weight is 345 g/mol. The molecule has 2 amide bonds. The predicted octanol–water partition coefficient (Wildman–Crippen LogP) is 3.18. The third-order valence-corrected chi connectivity index (χ3v) is 4.43. The Bertz CT molecular complexity index is 1000. The third kappa shape index (κ3) is 2.73. The second-order valence-corrected chi connectivity index (χ2v) is 6.04. The topological polar surface area (TPSA) is 63.7 Å². The molecule has 0 N–H and O–H groups in total. The van der Waals surface area contributed by atoms with E-state index in [0.29, 0.717) is 11.1 Å². The Morgan fingerprint density at radius 1 is 0.808 bits per heavy atom. The van der Waals surface area contributed by atoms with Crippen LogP contribution in [0.5, 0.6) is 0 Å². The third-order valence-electron chi connectivity index (χ3n) is 4.43. The first kappa shape index (κ1) is 16.0. The summed E-state index contributed by atoms with van der Waals surface area (Å²) in [5, 5.41) is 2.06. The first-order valence-electron chi connectivity index (χ1n) is 8.22. The maximum absolute atomic E-state index is 12.3. The zero-order chi connectivity index (χ0) is 18.1. The molecule has 5 heteroatoms. The summed E-state index contributed by atoms with van der Waals surface area (Å²) >= 11 is 0. The van der Waals surface area contributed by atoms with Gasteiger partial charge in [-0.1, -0.05) is 54.6 Å². The van der Waals surface area contributed by atoms with Crippen molar-refractivity contribution in [1.29, 1.82) is 0 Å². The largest absolute Gasteiger partial charge is 0.459 e. The van der Waals surface area contributed by atoms with Crippen molar-refractivity contribution >= 4 is 28.6 Å². The highest BCUT2D eigenvalue weighted by molar-refractivity contribution is 6.22. The number of rotatable bonds is 4. The number of benzene rings is 3. The van der Waals surface area contributed by atoms with Gasteiger partial charge in [0.2, 0.25) is 0 Å². The van der Waals surface area contributed by atoms with Crippen molar-refractivity contribution in [2.45, 2.75) is 6.61 Å². The van der Waals surface area contributed by atoms with Crippen molar-refractivity contribution < 1.29 is 19.1 Å². The molecule has 0 aromatic heterocycles. The number of fused-ring (bicyclic) bond motifs is 2. The Labute approximate surface area is 149 Å². The molecule has 1 aliphatic heterocycles. The quantitative estimate of drug-likeness (QED) is 0.538. The van der Waals surface area contributed by atoms with E-state index in [-0.39, 0.29) is 6.61 Å². The van der Waals surface area contributed by atoms with E-state index in [4.69, 9.17) is 4.74 Å². The number of carbonyl (C=O) groups is 3. The zero-order valence-corrected chi connectivity index (χ0v) is 13.8. The number of amides is 2. The van der Waals surface area contributed by atoms with E-state index in [2.05, 4.69) is 0 Å². The van der Waals surface area contributed by atoms with E-state index >= 15 is 0 Å². The first-order chi connectivity index (χ1) is 12.6. The zero-order valence-electron chi connectivity index (χ0n) is 13.8. The second kappa shape index (κ2) is 6.44. The lowest BCUT2D eigenvalue weighted by atomic mass is 10.1. The van der Waals surface area contributed by atoms with Crippen molar-refractivity contribution in [2.75, 3.05) is 6.54 Å². The van der Waals surface area contributed by atoms with Crippen LogP contribution < -0.4 is 0 Å². The number of imide groups is 1. The van der Waals surface area contributed by atoms with Gasteiger partial charge in [0.15, 0.2) is 0 Å². The summed E-state index contributed by atoms with van der Waals surface area (Å²) in [5.41, 5.74) is 1.51. The molecule has 0 bridgehead atoms. The normalized spacial score (nSPS) is 13.2. The fraction of sp³-hybridized carbons (Fsp3) is 0.0952. The smallest absolute Gasteiger partial charge is 0.326 e. The molecular formula is C21H15NO4. The molecule has 0 aliphatic carbocycles. The van der Waals surface area contributed by atoms with Gasteiger partial charge in [0.05, 0.1) is 11.1 Å². The van der Waals surface area contributed by atoms with E-state index in [9.17, 15) is 14.4 Å². The lowest BCUT2D eigenvalue weighted by Gasteiger charge is -2.13. The average Bonchev–Trinajstić information content (AvgIpc) is 2.91. The number of hydrogen-bond acceptors (Lipinski definition) is 4. The van der Waals surface area contributed by atoms with Crippen LogP contribution in [0.15, 0.2) is 66.7 Å². The van der Waals surface area contributed by atoms with Crippen LogP contribution in [0.3, 0.4) is 0 Å². The van der Waals surface area contributed by atoms with Crippen LogP contribution in [0.25, 0.3) is 10.8 Å². The molecule has 1 heterocycles. The van der Waals surface area contributed by atoms with E-state index in [0.717, 1.165) is 21.2 Å². The molecule has 0 atom stereocenters. The van der Waals surface area contributed by atoms with Gasteiger partial charge < -0.3 is 4.74 Å². The van der Waals surface area contributed by atoms with Gasteiger partial charge in [0.25, 0.3) is 11.8 Å². The van der Waals surface area contributed by atoms with Crippen LogP contribution in [-0.4, -0.2) is 29.2 Å². The van der Waals surface area contributed by atoms with Crippen LogP contribution >= 0.6 is 0 Å². The van der Waals surface area contributed by atoms with Crippen molar-refractivity contribution in [3.05, 3.63) is 83.4 Å². The Hall–Kier alpha value is -3.47. The fourth-order valence-corrected chi connectivity index (χ4v) is 3.13. The summed E-state index contributed by atoms with van der Waals surface area (Å²) in [6.45, 7) is -0.305. The van der Waals surface area contributed by atoms with E-state index in [1.165, 1.54) is 0 Å². The van der Waals surface area contributed by atoms with E-state index in [1.807, 2.05) is 42.5 Å².